The molecule has 1 aliphatic heterocycles. The van der Waals surface area contributed by atoms with E-state index in [4.69, 9.17) is 5.10 Å². The van der Waals surface area contributed by atoms with Crippen molar-refractivity contribution in [1.82, 2.24) is 9.58 Å². The summed E-state index contributed by atoms with van der Waals surface area (Å²) in [7, 11) is 0. The molecule has 1 amide bonds. The number of aromatic nitrogens is 1. The summed E-state index contributed by atoms with van der Waals surface area (Å²) in [4.78, 5) is 15.9. The zero-order chi connectivity index (χ0) is 25.2. The second-order valence-corrected chi connectivity index (χ2v) is 11.3. The average molecular weight is 522 g/mol. The zero-order valence-corrected chi connectivity index (χ0v) is 22.2. The molecular weight excluding hydrogens is 494 g/mol. The van der Waals surface area contributed by atoms with Crippen LogP contribution in [-0.4, -0.2) is 26.9 Å². The van der Waals surface area contributed by atoms with Crippen LogP contribution in [0.1, 0.15) is 34.0 Å². The van der Waals surface area contributed by atoms with E-state index in [9.17, 15) is 4.79 Å². The van der Waals surface area contributed by atoms with Gasteiger partial charge in [0.1, 0.15) is 0 Å². The largest absolute Gasteiger partial charge is 0.342 e. The molecule has 6 rings (SSSR count). The summed E-state index contributed by atoms with van der Waals surface area (Å²) < 4.78 is 2.27. The lowest BCUT2D eigenvalue weighted by atomic mass is 10.00. The number of carbonyl (C=O) groups excluding carboxylic acids is 1. The van der Waals surface area contributed by atoms with E-state index >= 15 is 0 Å². The summed E-state index contributed by atoms with van der Waals surface area (Å²) in [5.74, 6) is 0.366. The van der Waals surface area contributed by atoms with Gasteiger partial charge in [-0.1, -0.05) is 84.4 Å². The molecule has 0 bridgehead atoms. The second-order valence-electron chi connectivity index (χ2n) is 9.31. The van der Waals surface area contributed by atoms with Crippen LogP contribution in [0.15, 0.2) is 113 Å². The molecular formula is C31H27N3OS2. The van der Waals surface area contributed by atoms with Crippen LogP contribution in [0, 0.1) is 6.92 Å². The Kier molecular flexibility index (Phi) is 6.68. The molecule has 3 aromatic carbocycles. The third-order valence-electron chi connectivity index (χ3n) is 6.73. The number of thioether (sulfide) groups is 1. The summed E-state index contributed by atoms with van der Waals surface area (Å²) in [5.41, 5.74) is 5.75. The first kappa shape index (κ1) is 23.8. The van der Waals surface area contributed by atoms with E-state index < -0.39 is 0 Å². The van der Waals surface area contributed by atoms with Crippen molar-refractivity contribution in [1.29, 1.82) is 0 Å². The topological polar surface area (TPSA) is 37.6 Å². The average Bonchev–Trinajstić information content (AvgIpc) is 3.68. The van der Waals surface area contributed by atoms with Crippen LogP contribution >= 0.6 is 23.1 Å². The minimum atomic E-state index is -0.0785. The molecule has 3 heterocycles. The number of carbonyl (C=O) groups is 1. The van der Waals surface area contributed by atoms with Crippen LogP contribution in [0.25, 0.3) is 10.9 Å². The number of hydrogen-bond acceptors (Lipinski definition) is 4. The number of fused-ring (bicyclic) bond motifs is 1. The van der Waals surface area contributed by atoms with E-state index in [-0.39, 0.29) is 11.9 Å². The Bertz CT molecular complexity index is 1550. The van der Waals surface area contributed by atoms with E-state index in [1.165, 1.54) is 22.0 Å². The number of thiophene rings is 1. The molecule has 0 spiro atoms. The monoisotopic (exact) mass is 521 g/mol. The fraction of sp³-hybridized carbons (Fsp3) is 0.161. The van der Waals surface area contributed by atoms with Gasteiger partial charge in [-0.2, -0.15) is 5.10 Å². The van der Waals surface area contributed by atoms with Crippen LogP contribution in [0.2, 0.25) is 0 Å². The molecule has 0 saturated carbocycles. The Hall–Kier alpha value is -3.61. The quantitative estimate of drug-likeness (QED) is 0.208. The van der Waals surface area contributed by atoms with Gasteiger partial charge in [-0.3, -0.25) is 4.79 Å². The molecule has 0 aliphatic carbocycles. The Balaban J connectivity index is 1.25. The molecule has 0 N–H and O–H groups in total. The number of hydrazone groups is 1. The van der Waals surface area contributed by atoms with Crippen molar-refractivity contribution in [2.24, 2.45) is 5.10 Å². The van der Waals surface area contributed by atoms with Crippen LogP contribution in [0.3, 0.4) is 0 Å². The van der Waals surface area contributed by atoms with Crippen LogP contribution in [0.5, 0.6) is 0 Å². The molecule has 1 unspecified atom stereocenters. The van der Waals surface area contributed by atoms with Gasteiger partial charge in [0.2, 0.25) is 0 Å². The van der Waals surface area contributed by atoms with Gasteiger partial charge in [0, 0.05) is 35.0 Å². The van der Waals surface area contributed by atoms with Crippen LogP contribution in [-0.2, 0) is 11.3 Å². The highest BCUT2D eigenvalue weighted by atomic mass is 32.2. The first-order valence-electron chi connectivity index (χ1n) is 12.4. The molecule has 0 saturated heterocycles. The molecule has 2 aromatic heterocycles. The highest BCUT2D eigenvalue weighted by Gasteiger charge is 2.33. The number of aryl methyl sites for hydroxylation is 1. The summed E-state index contributed by atoms with van der Waals surface area (Å²) in [5, 5.41) is 9.79. The Labute approximate surface area is 225 Å². The Morgan fingerprint density at radius 3 is 2.54 bits per heavy atom. The van der Waals surface area contributed by atoms with Gasteiger partial charge in [0.05, 0.1) is 22.4 Å². The van der Waals surface area contributed by atoms with Gasteiger partial charge >= 0.3 is 0 Å². The van der Waals surface area contributed by atoms with Crippen molar-refractivity contribution in [3.05, 3.63) is 124 Å². The lowest BCUT2D eigenvalue weighted by molar-refractivity contribution is -0.130. The maximum absolute atomic E-state index is 13.6. The first-order valence-corrected chi connectivity index (χ1v) is 14.3. The number of rotatable bonds is 7. The molecule has 0 fully saturated rings. The van der Waals surface area contributed by atoms with Gasteiger partial charge in [-0.25, -0.2) is 5.01 Å². The van der Waals surface area contributed by atoms with Crippen LogP contribution in [0.4, 0.5) is 0 Å². The predicted molar refractivity (Wildman–Crippen MR) is 154 cm³/mol. The van der Waals surface area contributed by atoms with Crippen molar-refractivity contribution >= 4 is 45.6 Å². The minimum Gasteiger partial charge on any atom is -0.342 e. The highest BCUT2D eigenvalue weighted by molar-refractivity contribution is 8.00. The lowest BCUT2D eigenvalue weighted by Gasteiger charge is -2.22. The van der Waals surface area contributed by atoms with E-state index in [0.29, 0.717) is 5.75 Å². The highest BCUT2D eigenvalue weighted by Crippen LogP contribution is 2.36. The SMILES string of the molecule is Cc1ccc(C2CC(c3cccs3)=NN2C(=O)CSc2cn(Cc3ccccc3)c3ccccc23)cc1. The second kappa shape index (κ2) is 10.4. The minimum absolute atomic E-state index is 0.0296. The number of para-hydroxylation sites is 1. The van der Waals surface area contributed by atoms with E-state index in [1.807, 2.05) is 12.1 Å². The van der Waals surface area contributed by atoms with Gasteiger partial charge in [0.15, 0.2) is 0 Å². The number of benzene rings is 3. The summed E-state index contributed by atoms with van der Waals surface area (Å²) in [6.45, 7) is 2.88. The van der Waals surface area contributed by atoms with E-state index in [0.717, 1.165) is 34.0 Å². The van der Waals surface area contributed by atoms with Gasteiger partial charge in [0.25, 0.3) is 5.91 Å². The summed E-state index contributed by atoms with van der Waals surface area (Å²) in [6.07, 6.45) is 2.91. The fourth-order valence-corrected chi connectivity index (χ4v) is 6.49. The molecule has 4 nitrogen and oxygen atoms in total. The smallest absolute Gasteiger partial charge is 0.253 e. The molecule has 0 radical (unpaired) electrons. The summed E-state index contributed by atoms with van der Waals surface area (Å²) >= 11 is 3.27. The number of nitrogens with zero attached hydrogens (tertiary/aromatic N) is 3. The molecule has 184 valence electrons. The zero-order valence-electron chi connectivity index (χ0n) is 20.6. The standard InChI is InChI=1S/C31H27N3OS2/c1-22-13-15-24(16-14-22)28-18-26(29-12-7-17-36-29)32-34(28)31(35)21-37-30-20-33(19-23-8-3-2-4-9-23)27-11-6-5-10-25(27)30/h2-17,20,28H,18-19,21H2,1H3. The van der Waals surface area contributed by atoms with E-state index in [2.05, 4.69) is 102 Å². The Morgan fingerprint density at radius 1 is 0.973 bits per heavy atom. The predicted octanol–water partition coefficient (Wildman–Crippen LogP) is 7.53. The lowest BCUT2D eigenvalue weighted by Crippen LogP contribution is -2.28. The van der Waals surface area contributed by atoms with Crippen molar-refractivity contribution in [3.63, 3.8) is 0 Å². The van der Waals surface area contributed by atoms with Crippen molar-refractivity contribution < 1.29 is 4.79 Å². The number of hydrogen-bond donors (Lipinski definition) is 0. The van der Waals surface area contributed by atoms with Crippen LogP contribution < -0.4 is 0 Å². The Morgan fingerprint density at radius 2 is 1.76 bits per heavy atom. The van der Waals surface area contributed by atoms with Gasteiger partial charge < -0.3 is 4.57 Å². The first-order chi connectivity index (χ1) is 18.2. The van der Waals surface area contributed by atoms with Crippen molar-refractivity contribution in [3.8, 4) is 0 Å². The van der Waals surface area contributed by atoms with Crippen molar-refractivity contribution in [2.75, 3.05) is 5.75 Å². The van der Waals surface area contributed by atoms with E-state index in [1.54, 1.807) is 28.1 Å². The summed E-state index contributed by atoms with van der Waals surface area (Å²) in [6, 6.07) is 31.4. The molecule has 1 aliphatic rings. The maximum atomic E-state index is 13.6. The molecule has 5 aromatic rings. The molecule has 37 heavy (non-hydrogen) atoms. The molecule has 6 heteroatoms. The van der Waals surface area contributed by atoms with Gasteiger partial charge in [-0.15, -0.1) is 23.1 Å². The number of amides is 1. The third kappa shape index (κ3) is 4.99. The third-order valence-corrected chi connectivity index (χ3v) is 8.68. The maximum Gasteiger partial charge on any atom is 0.253 e. The van der Waals surface area contributed by atoms with Gasteiger partial charge in [-0.05, 0) is 35.6 Å². The fourth-order valence-electron chi connectivity index (χ4n) is 4.82. The normalized spacial score (nSPS) is 15.3. The van der Waals surface area contributed by atoms with Crippen molar-refractivity contribution in [2.45, 2.75) is 30.8 Å². The molecule has 1 atom stereocenters.